The van der Waals surface area contributed by atoms with Gasteiger partial charge in [-0.3, -0.25) is 10.1 Å². The summed E-state index contributed by atoms with van der Waals surface area (Å²) in [4.78, 5) is 12.2. The fourth-order valence-corrected chi connectivity index (χ4v) is 2.24. The van der Waals surface area contributed by atoms with Crippen LogP contribution in [-0.4, -0.2) is 11.0 Å². The Bertz CT molecular complexity index is 768. The molecule has 0 spiro atoms. The predicted octanol–water partition coefficient (Wildman–Crippen LogP) is 4.39. The first kappa shape index (κ1) is 18.0. The number of carbonyl (C=O) groups excluding carboxylic acids is 1. The highest BCUT2D eigenvalue weighted by molar-refractivity contribution is 7.80. The number of nitrogens with one attached hydrogen (secondary N) is 2. The smallest absolute Gasteiger partial charge is 0.257 e. The van der Waals surface area contributed by atoms with Gasteiger partial charge in [-0.15, -0.1) is 0 Å². The third-order valence-electron chi connectivity index (χ3n) is 3.42. The lowest BCUT2D eigenvalue weighted by atomic mass is 9.87. The Balaban J connectivity index is 2.00. The quantitative estimate of drug-likeness (QED) is 0.791. The summed E-state index contributed by atoms with van der Waals surface area (Å²) in [6.45, 7) is 6.26. The molecule has 2 N–H and O–H groups in total. The molecule has 2 rings (SSSR count). The molecule has 0 atom stereocenters. The number of hydrogen-bond donors (Lipinski definition) is 2. The van der Waals surface area contributed by atoms with Crippen molar-refractivity contribution in [2.45, 2.75) is 26.2 Å². The monoisotopic (exact) mass is 348 g/mol. The van der Waals surface area contributed by atoms with Crippen molar-refractivity contribution in [1.82, 2.24) is 5.32 Å². The zero-order chi connectivity index (χ0) is 17.9. The second-order valence-electron chi connectivity index (χ2n) is 6.36. The first-order valence-electron chi connectivity index (χ1n) is 7.35. The topological polar surface area (TPSA) is 41.1 Å². The lowest BCUT2D eigenvalue weighted by Crippen LogP contribution is -2.34. The van der Waals surface area contributed by atoms with Crippen LogP contribution in [0, 0.1) is 11.6 Å². The molecule has 0 saturated carbocycles. The van der Waals surface area contributed by atoms with E-state index in [1.165, 1.54) is 6.07 Å². The van der Waals surface area contributed by atoms with Crippen molar-refractivity contribution in [3.8, 4) is 0 Å². The van der Waals surface area contributed by atoms with Crippen molar-refractivity contribution < 1.29 is 13.6 Å². The molecule has 0 unspecified atom stereocenters. The molecule has 0 fully saturated rings. The number of amides is 1. The molecule has 0 aliphatic heterocycles. The van der Waals surface area contributed by atoms with E-state index in [0.717, 1.165) is 17.7 Å². The maximum absolute atomic E-state index is 13.1. The van der Waals surface area contributed by atoms with Crippen LogP contribution in [0.3, 0.4) is 0 Å². The van der Waals surface area contributed by atoms with Gasteiger partial charge in [-0.1, -0.05) is 32.9 Å². The van der Waals surface area contributed by atoms with E-state index in [1.54, 1.807) is 12.1 Å². The van der Waals surface area contributed by atoms with Crippen LogP contribution in [0.15, 0.2) is 42.5 Å². The van der Waals surface area contributed by atoms with Gasteiger partial charge in [0.1, 0.15) is 0 Å². The molecule has 0 saturated heterocycles. The highest BCUT2D eigenvalue weighted by Gasteiger charge is 2.15. The van der Waals surface area contributed by atoms with E-state index in [2.05, 4.69) is 31.4 Å². The third-order valence-corrected chi connectivity index (χ3v) is 3.62. The summed E-state index contributed by atoms with van der Waals surface area (Å²) in [5, 5.41) is 5.15. The Morgan fingerprint density at radius 1 is 1.00 bits per heavy atom. The highest BCUT2D eigenvalue weighted by Crippen LogP contribution is 2.22. The SMILES string of the molecule is CC(C)(C)c1ccc(C(=O)NC(=S)Nc2ccc(F)c(F)c2)cc1. The van der Waals surface area contributed by atoms with E-state index in [1.807, 2.05) is 12.1 Å². The van der Waals surface area contributed by atoms with Crippen molar-refractivity contribution in [3.05, 3.63) is 65.2 Å². The Kier molecular flexibility index (Phi) is 5.29. The van der Waals surface area contributed by atoms with Gasteiger partial charge in [0.15, 0.2) is 16.7 Å². The standard InChI is InChI=1S/C18H18F2N2OS/c1-18(2,3)12-6-4-11(5-7-12)16(23)22-17(24)21-13-8-9-14(19)15(20)10-13/h4-10H,1-3H3,(H2,21,22,23,24). The number of halogens is 2. The maximum atomic E-state index is 13.1. The molecule has 0 aromatic heterocycles. The van der Waals surface area contributed by atoms with Gasteiger partial charge in [0.2, 0.25) is 0 Å². The predicted molar refractivity (Wildman–Crippen MR) is 95.2 cm³/mol. The average Bonchev–Trinajstić information content (AvgIpc) is 2.50. The van der Waals surface area contributed by atoms with E-state index in [9.17, 15) is 13.6 Å². The summed E-state index contributed by atoms with van der Waals surface area (Å²) in [6, 6.07) is 10.5. The van der Waals surface area contributed by atoms with Crippen LogP contribution in [0.25, 0.3) is 0 Å². The minimum absolute atomic E-state index is 0.00147. The zero-order valence-electron chi connectivity index (χ0n) is 13.6. The van der Waals surface area contributed by atoms with E-state index >= 15 is 0 Å². The van der Waals surface area contributed by atoms with Crippen LogP contribution in [0.4, 0.5) is 14.5 Å². The number of anilines is 1. The highest BCUT2D eigenvalue weighted by atomic mass is 32.1. The van der Waals surface area contributed by atoms with Crippen LogP contribution in [0.1, 0.15) is 36.7 Å². The van der Waals surface area contributed by atoms with Crippen LogP contribution in [-0.2, 0) is 5.41 Å². The molecule has 0 bridgehead atoms. The molecular weight excluding hydrogens is 330 g/mol. The van der Waals surface area contributed by atoms with Gasteiger partial charge in [0, 0.05) is 17.3 Å². The molecule has 24 heavy (non-hydrogen) atoms. The van der Waals surface area contributed by atoms with Crippen LogP contribution in [0.2, 0.25) is 0 Å². The maximum Gasteiger partial charge on any atom is 0.257 e. The van der Waals surface area contributed by atoms with Crippen molar-refractivity contribution in [2.24, 2.45) is 0 Å². The zero-order valence-corrected chi connectivity index (χ0v) is 14.4. The van der Waals surface area contributed by atoms with Gasteiger partial charge in [0.05, 0.1) is 0 Å². The molecule has 0 aliphatic rings. The molecular formula is C18H18F2N2OS. The van der Waals surface area contributed by atoms with Gasteiger partial charge in [-0.25, -0.2) is 8.78 Å². The minimum atomic E-state index is -0.994. The van der Waals surface area contributed by atoms with Gasteiger partial charge in [0.25, 0.3) is 5.91 Å². The molecule has 6 heteroatoms. The van der Waals surface area contributed by atoms with E-state index in [0.29, 0.717) is 5.56 Å². The van der Waals surface area contributed by atoms with Gasteiger partial charge in [-0.05, 0) is 47.5 Å². The van der Waals surface area contributed by atoms with Gasteiger partial charge in [-0.2, -0.15) is 0 Å². The second-order valence-corrected chi connectivity index (χ2v) is 6.77. The third kappa shape index (κ3) is 4.58. The number of benzene rings is 2. The summed E-state index contributed by atoms with van der Waals surface area (Å²) in [7, 11) is 0. The van der Waals surface area contributed by atoms with Gasteiger partial charge >= 0.3 is 0 Å². The fraction of sp³-hybridized carbons (Fsp3) is 0.222. The minimum Gasteiger partial charge on any atom is -0.332 e. The average molecular weight is 348 g/mol. The normalized spacial score (nSPS) is 11.0. The lowest BCUT2D eigenvalue weighted by Gasteiger charge is -2.19. The largest absolute Gasteiger partial charge is 0.332 e. The summed E-state index contributed by atoms with van der Waals surface area (Å²) >= 11 is 5.01. The summed E-state index contributed by atoms with van der Waals surface area (Å²) < 4.78 is 26.0. The van der Waals surface area contributed by atoms with Crippen molar-refractivity contribution in [2.75, 3.05) is 5.32 Å². The number of rotatable bonds is 2. The Hall–Kier alpha value is -2.34. The van der Waals surface area contributed by atoms with E-state index in [-0.39, 0.29) is 22.1 Å². The first-order chi connectivity index (χ1) is 11.2. The van der Waals surface area contributed by atoms with E-state index < -0.39 is 11.6 Å². The Morgan fingerprint density at radius 3 is 2.17 bits per heavy atom. The number of thiocarbonyl (C=S) groups is 1. The molecule has 3 nitrogen and oxygen atoms in total. The Morgan fingerprint density at radius 2 is 1.62 bits per heavy atom. The first-order valence-corrected chi connectivity index (χ1v) is 7.75. The summed E-state index contributed by atoms with van der Waals surface area (Å²) in [6.07, 6.45) is 0. The van der Waals surface area contributed by atoms with Crippen LogP contribution < -0.4 is 10.6 Å². The van der Waals surface area contributed by atoms with Crippen molar-refractivity contribution in [3.63, 3.8) is 0 Å². The van der Waals surface area contributed by atoms with Crippen molar-refractivity contribution >= 4 is 28.9 Å². The molecule has 0 radical (unpaired) electrons. The fourth-order valence-electron chi connectivity index (χ4n) is 2.03. The summed E-state index contributed by atoms with van der Waals surface area (Å²) in [5.41, 5.74) is 1.82. The second kappa shape index (κ2) is 7.05. The lowest BCUT2D eigenvalue weighted by molar-refractivity contribution is 0.0977. The van der Waals surface area contributed by atoms with Crippen LogP contribution >= 0.6 is 12.2 Å². The molecule has 2 aromatic carbocycles. The van der Waals surface area contributed by atoms with Crippen LogP contribution in [0.5, 0.6) is 0 Å². The number of hydrogen-bond acceptors (Lipinski definition) is 2. The van der Waals surface area contributed by atoms with Gasteiger partial charge < -0.3 is 5.32 Å². The molecule has 0 aliphatic carbocycles. The molecule has 1 amide bonds. The molecule has 126 valence electrons. The van der Waals surface area contributed by atoms with E-state index in [4.69, 9.17) is 12.2 Å². The molecule has 2 aromatic rings. The number of carbonyl (C=O) groups is 1. The molecule has 0 heterocycles. The summed E-state index contributed by atoms with van der Waals surface area (Å²) in [5.74, 6) is -2.32. The Labute approximate surface area is 145 Å². The van der Waals surface area contributed by atoms with Crippen molar-refractivity contribution in [1.29, 1.82) is 0 Å².